The van der Waals surface area contributed by atoms with Gasteiger partial charge in [0.05, 0.1) is 11.4 Å². The average Bonchev–Trinajstić information content (AvgIpc) is 2.60. The van der Waals surface area contributed by atoms with Crippen LogP contribution in [0.15, 0.2) is 52.0 Å². The summed E-state index contributed by atoms with van der Waals surface area (Å²) in [5, 5.41) is 0. The van der Waals surface area contributed by atoms with Gasteiger partial charge in [0, 0.05) is 22.1 Å². The number of para-hydroxylation sites is 1. The number of carbonyl (C=O) groups excluding carboxylic acids is 2. The van der Waals surface area contributed by atoms with E-state index in [0.29, 0.717) is 18.1 Å². The Morgan fingerprint density at radius 2 is 2.12 bits per heavy atom. The van der Waals surface area contributed by atoms with Crippen LogP contribution in [-0.2, 0) is 9.59 Å². The molecule has 0 radical (unpaired) electrons. The Balaban J connectivity index is 1.83. The fourth-order valence-corrected chi connectivity index (χ4v) is 3.71. The summed E-state index contributed by atoms with van der Waals surface area (Å²) >= 11 is 4.84. The summed E-state index contributed by atoms with van der Waals surface area (Å²) in [4.78, 5) is 33.5. The number of carbonyl (C=O) groups is 2. The van der Waals surface area contributed by atoms with E-state index in [-0.39, 0.29) is 18.4 Å². The number of hydrogen-bond acceptors (Lipinski definition) is 4. The van der Waals surface area contributed by atoms with E-state index < -0.39 is 0 Å². The third-order valence-corrected chi connectivity index (χ3v) is 5.22. The number of nitrogens with zero attached hydrogens (tertiary/aromatic N) is 3. The monoisotopic (exact) mass is 405 g/mol. The van der Waals surface area contributed by atoms with Crippen LogP contribution in [-0.4, -0.2) is 35.6 Å². The number of benzene rings is 1. The molecule has 0 aliphatic carbocycles. The fraction of sp³-hybridized carbons (Fsp3) is 0.235. The minimum atomic E-state index is -0.151. The van der Waals surface area contributed by atoms with Gasteiger partial charge in [0.15, 0.2) is 0 Å². The summed E-state index contributed by atoms with van der Waals surface area (Å²) in [5.74, 6) is 0.736. The van der Waals surface area contributed by atoms with Crippen LogP contribution >= 0.6 is 27.7 Å². The van der Waals surface area contributed by atoms with Crippen molar-refractivity contribution in [2.45, 2.75) is 11.8 Å². The number of aromatic nitrogens is 1. The predicted molar refractivity (Wildman–Crippen MR) is 99.5 cm³/mol. The fourth-order valence-electron chi connectivity index (χ4n) is 2.54. The number of rotatable bonds is 4. The topological polar surface area (TPSA) is 53.5 Å². The molecule has 1 aliphatic heterocycles. The van der Waals surface area contributed by atoms with Crippen molar-refractivity contribution in [1.29, 1.82) is 0 Å². The van der Waals surface area contributed by atoms with Crippen molar-refractivity contribution in [3.8, 4) is 0 Å². The van der Waals surface area contributed by atoms with E-state index in [0.717, 1.165) is 15.1 Å². The lowest BCUT2D eigenvalue weighted by atomic mass is 10.2. The Kier molecular flexibility index (Phi) is 5.20. The highest BCUT2D eigenvalue weighted by molar-refractivity contribution is 9.10. The summed E-state index contributed by atoms with van der Waals surface area (Å²) in [5.41, 5.74) is 0.798. The van der Waals surface area contributed by atoms with Gasteiger partial charge in [-0.05, 0) is 47.1 Å². The van der Waals surface area contributed by atoms with Crippen molar-refractivity contribution in [3.05, 3.63) is 47.1 Å². The molecule has 24 heavy (non-hydrogen) atoms. The van der Waals surface area contributed by atoms with Gasteiger partial charge in [-0.3, -0.25) is 14.5 Å². The van der Waals surface area contributed by atoms with Crippen LogP contribution in [0.25, 0.3) is 0 Å². The molecule has 0 saturated carbocycles. The lowest BCUT2D eigenvalue weighted by Crippen LogP contribution is -2.45. The molecule has 0 unspecified atom stereocenters. The van der Waals surface area contributed by atoms with E-state index in [4.69, 9.17) is 0 Å². The molecule has 0 saturated heterocycles. The first-order valence-electron chi connectivity index (χ1n) is 7.54. The average molecular weight is 406 g/mol. The number of likely N-dealkylation sites (N-methyl/N-ethyl adjacent to an activating group) is 1. The highest BCUT2D eigenvalue weighted by atomic mass is 79.9. The highest BCUT2D eigenvalue weighted by Gasteiger charge is 2.28. The van der Waals surface area contributed by atoms with Crippen LogP contribution < -0.4 is 9.80 Å². The molecule has 1 aliphatic rings. The first kappa shape index (κ1) is 17.0. The number of amides is 2. The largest absolute Gasteiger partial charge is 0.301 e. The number of pyridine rings is 1. The molecule has 0 N–H and O–H groups in total. The van der Waals surface area contributed by atoms with Crippen molar-refractivity contribution in [1.82, 2.24) is 4.98 Å². The molecular formula is C17H16BrN3O2S. The number of hydrogen-bond donors (Lipinski definition) is 0. The van der Waals surface area contributed by atoms with Crippen LogP contribution in [0.5, 0.6) is 0 Å². The van der Waals surface area contributed by atoms with Gasteiger partial charge in [0.2, 0.25) is 11.8 Å². The number of fused-ring (bicyclic) bond motifs is 1. The zero-order valence-electron chi connectivity index (χ0n) is 13.1. The maximum absolute atomic E-state index is 12.8. The molecule has 0 fully saturated rings. The van der Waals surface area contributed by atoms with Crippen LogP contribution in [0.3, 0.4) is 0 Å². The Morgan fingerprint density at radius 1 is 1.33 bits per heavy atom. The first-order chi connectivity index (χ1) is 11.6. The van der Waals surface area contributed by atoms with Crippen LogP contribution in [0, 0.1) is 0 Å². The predicted octanol–water partition coefficient (Wildman–Crippen LogP) is 3.34. The quantitative estimate of drug-likeness (QED) is 0.782. The summed E-state index contributed by atoms with van der Waals surface area (Å²) in [6.45, 7) is 2.40. The van der Waals surface area contributed by atoms with E-state index in [1.54, 1.807) is 22.1 Å². The minimum absolute atomic E-state index is 0.0159. The van der Waals surface area contributed by atoms with Gasteiger partial charge in [0.25, 0.3) is 0 Å². The lowest BCUT2D eigenvalue weighted by Gasteiger charge is -2.30. The number of thioether (sulfide) groups is 1. The third kappa shape index (κ3) is 3.47. The molecule has 5 nitrogen and oxygen atoms in total. The molecule has 1 aromatic heterocycles. The van der Waals surface area contributed by atoms with Gasteiger partial charge in [-0.25, -0.2) is 4.98 Å². The molecule has 2 amide bonds. The van der Waals surface area contributed by atoms with Gasteiger partial charge in [0.1, 0.15) is 12.4 Å². The smallest absolute Gasteiger partial charge is 0.248 e. The van der Waals surface area contributed by atoms with Gasteiger partial charge in [-0.2, -0.15) is 0 Å². The Labute approximate surface area is 153 Å². The van der Waals surface area contributed by atoms with Crippen molar-refractivity contribution in [3.63, 3.8) is 0 Å². The second-order valence-electron chi connectivity index (χ2n) is 5.21. The molecule has 0 atom stereocenters. The zero-order valence-corrected chi connectivity index (χ0v) is 15.5. The second-order valence-corrected chi connectivity index (χ2v) is 7.14. The summed E-state index contributed by atoms with van der Waals surface area (Å²) in [6, 6.07) is 11.3. The molecule has 0 bridgehead atoms. The van der Waals surface area contributed by atoms with E-state index in [1.807, 2.05) is 37.3 Å². The maximum Gasteiger partial charge on any atom is 0.248 e. The van der Waals surface area contributed by atoms with Crippen molar-refractivity contribution in [2.75, 3.05) is 28.6 Å². The minimum Gasteiger partial charge on any atom is -0.301 e. The van der Waals surface area contributed by atoms with Crippen molar-refractivity contribution < 1.29 is 9.59 Å². The molecule has 2 aromatic rings. The number of anilines is 2. The Bertz CT molecular complexity index is 767. The molecule has 1 aromatic carbocycles. The van der Waals surface area contributed by atoms with Crippen LogP contribution in [0.1, 0.15) is 6.92 Å². The Morgan fingerprint density at radius 3 is 2.83 bits per heavy atom. The maximum atomic E-state index is 12.8. The lowest BCUT2D eigenvalue weighted by molar-refractivity contribution is -0.121. The normalized spacial score (nSPS) is 13.6. The van der Waals surface area contributed by atoms with Gasteiger partial charge < -0.3 is 4.90 Å². The first-order valence-corrected chi connectivity index (χ1v) is 9.32. The highest BCUT2D eigenvalue weighted by Crippen LogP contribution is 2.34. The molecule has 124 valence electrons. The van der Waals surface area contributed by atoms with E-state index in [2.05, 4.69) is 20.9 Å². The molecular weight excluding hydrogens is 390 g/mol. The summed E-state index contributed by atoms with van der Waals surface area (Å²) < 4.78 is 0.854. The van der Waals surface area contributed by atoms with E-state index >= 15 is 0 Å². The van der Waals surface area contributed by atoms with Crippen LogP contribution in [0.2, 0.25) is 0 Å². The molecule has 7 heteroatoms. The zero-order chi connectivity index (χ0) is 17.1. The third-order valence-electron chi connectivity index (χ3n) is 3.71. The number of halogens is 1. The van der Waals surface area contributed by atoms with Gasteiger partial charge in [-0.1, -0.05) is 12.1 Å². The van der Waals surface area contributed by atoms with Crippen molar-refractivity contribution in [2.24, 2.45) is 0 Å². The van der Waals surface area contributed by atoms with Gasteiger partial charge >= 0.3 is 0 Å². The molecule has 2 heterocycles. The standard InChI is InChI=1S/C17H16BrN3O2S/c1-2-20(15-8-7-12(18)9-19-15)16(22)10-21-13-5-3-4-6-14(13)24-11-17(21)23/h3-9H,2,10-11H2,1H3. The van der Waals surface area contributed by atoms with Gasteiger partial charge in [-0.15, -0.1) is 11.8 Å². The SMILES string of the molecule is CCN(C(=O)CN1C(=O)CSc2ccccc21)c1ccc(Br)cn1. The van der Waals surface area contributed by atoms with E-state index in [9.17, 15) is 9.59 Å². The molecule has 0 spiro atoms. The Hall–Kier alpha value is -1.86. The van der Waals surface area contributed by atoms with Crippen molar-refractivity contribution >= 4 is 51.0 Å². The summed E-state index contributed by atoms with van der Waals surface area (Å²) in [6.07, 6.45) is 1.66. The van der Waals surface area contributed by atoms with E-state index in [1.165, 1.54) is 11.8 Å². The summed E-state index contributed by atoms with van der Waals surface area (Å²) in [7, 11) is 0. The van der Waals surface area contributed by atoms with Crippen LogP contribution in [0.4, 0.5) is 11.5 Å². The molecule has 3 rings (SSSR count). The second kappa shape index (κ2) is 7.36.